The molecule has 0 aliphatic heterocycles. The molecule has 0 fully saturated rings. The van der Waals surface area contributed by atoms with Gasteiger partial charge in [0.25, 0.3) is 0 Å². The number of rotatable bonds is 25. The van der Waals surface area contributed by atoms with Crippen LogP contribution in [0.4, 0.5) is 0 Å². The summed E-state index contributed by atoms with van der Waals surface area (Å²) in [6.45, 7) is 4.57. The van der Waals surface area contributed by atoms with Gasteiger partial charge in [-0.15, -0.1) is 0 Å². The van der Waals surface area contributed by atoms with Crippen LogP contribution in [0.1, 0.15) is 71.3 Å². The molecule has 0 saturated heterocycles. The van der Waals surface area contributed by atoms with Crippen LogP contribution >= 0.6 is 7.82 Å². The number of carbonyl (C=O) groups is 7. The zero-order valence-electron chi connectivity index (χ0n) is 30.4. The lowest BCUT2D eigenvalue weighted by Gasteiger charge is -2.27. The minimum absolute atomic E-state index is 0.0229. The zero-order chi connectivity index (χ0) is 41.2. The van der Waals surface area contributed by atoms with Gasteiger partial charge in [-0.2, -0.15) is 0 Å². The summed E-state index contributed by atoms with van der Waals surface area (Å²) >= 11 is 0. The van der Waals surface area contributed by atoms with Crippen LogP contribution < -0.4 is 48.3 Å². The number of aliphatic hydroxyl groups is 1. The Labute approximate surface area is 312 Å². The number of nitrogens with one attached hydrogen (secondary N) is 5. The normalized spacial score (nSPS) is 15.2. The molecule has 1 rings (SSSR count). The van der Waals surface area contributed by atoms with E-state index in [2.05, 4.69) is 31.1 Å². The smallest absolute Gasteiger partial charge is 0.480 e. The Kier molecular flexibility index (Phi) is 20.3. The van der Waals surface area contributed by atoms with Crippen molar-refractivity contribution in [2.75, 3.05) is 6.54 Å². The Morgan fingerprint density at radius 1 is 0.759 bits per heavy atom. The van der Waals surface area contributed by atoms with Crippen LogP contribution in [-0.4, -0.2) is 110 Å². The predicted molar refractivity (Wildman–Crippen MR) is 192 cm³/mol. The zero-order valence-corrected chi connectivity index (χ0v) is 31.3. The Hall–Kier alpha value is -4.66. The molecular formula is C32H53N8O13P. The number of benzene rings is 1. The van der Waals surface area contributed by atoms with Gasteiger partial charge < -0.3 is 58.5 Å². The number of aliphatic carboxylic acids is 1. The van der Waals surface area contributed by atoms with E-state index in [4.69, 9.17) is 27.0 Å². The van der Waals surface area contributed by atoms with Gasteiger partial charge in [0, 0.05) is 6.42 Å². The minimum atomic E-state index is -4.90. The van der Waals surface area contributed by atoms with E-state index in [0.717, 1.165) is 0 Å². The first kappa shape index (κ1) is 47.4. The summed E-state index contributed by atoms with van der Waals surface area (Å²) in [4.78, 5) is 108. The van der Waals surface area contributed by atoms with Crippen molar-refractivity contribution in [2.24, 2.45) is 17.2 Å². The Morgan fingerprint density at radius 2 is 1.24 bits per heavy atom. The van der Waals surface area contributed by atoms with Crippen molar-refractivity contribution in [1.82, 2.24) is 26.6 Å². The largest absolute Gasteiger partial charge is 0.524 e. The highest BCUT2D eigenvalue weighted by Crippen LogP contribution is 2.37. The van der Waals surface area contributed by atoms with Crippen molar-refractivity contribution in [3.05, 3.63) is 29.8 Å². The van der Waals surface area contributed by atoms with E-state index in [-0.39, 0.29) is 31.6 Å². The minimum Gasteiger partial charge on any atom is -0.480 e. The summed E-state index contributed by atoms with van der Waals surface area (Å²) in [5.74, 6) is -7.10. The van der Waals surface area contributed by atoms with Crippen LogP contribution in [0.3, 0.4) is 0 Å². The fraction of sp³-hybridized carbons (Fsp3) is 0.594. The number of primary amides is 1. The molecule has 0 spiro atoms. The molecule has 0 aliphatic carbocycles. The number of nitrogens with two attached hydrogens (primary N) is 3. The highest BCUT2D eigenvalue weighted by Gasteiger charge is 2.33. The Balaban J connectivity index is 3.50. The number of carboxylic acid groups (broad SMARTS) is 1. The van der Waals surface area contributed by atoms with Crippen molar-refractivity contribution >= 4 is 49.2 Å². The lowest BCUT2D eigenvalue weighted by atomic mass is 10.0. The average molecular weight is 789 g/mol. The third-order valence-electron chi connectivity index (χ3n) is 7.87. The molecule has 54 heavy (non-hydrogen) atoms. The van der Waals surface area contributed by atoms with Crippen LogP contribution in [0.2, 0.25) is 0 Å². The number of carbonyl (C=O) groups excluding carboxylic acids is 6. The number of phosphoric acid groups is 1. The number of amides is 6. The summed E-state index contributed by atoms with van der Waals surface area (Å²) < 4.78 is 15.8. The highest BCUT2D eigenvalue weighted by atomic mass is 31.2. The van der Waals surface area contributed by atoms with E-state index in [1.54, 1.807) is 0 Å². The molecule has 0 radical (unpaired) electrons. The Morgan fingerprint density at radius 3 is 1.72 bits per heavy atom. The third kappa shape index (κ3) is 17.9. The van der Waals surface area contributed by atoms with Gasteiger partial charge in [-0.25, -0.2) is 4.57 Å². The highest BCUT2D eigenvalue weighted by molar-refractivity contribution is 7.46. The second kappa shape index (κ2) is 23.2. The van der Waals surface area contributed by atoms with Gasteiger partial charge in [-0.1, -0.05) is 31.9 Å². The molecule has 0 aliphatic rings. The molecule has 6 amide bonds. The first-order valence-electron chi connectivity index (χ1n) is 17.2. The van der Waals surface area contributed by atoms with Crippen molar-refractivity contribution in [2.45, 2.75) is 114 Å². The summed E-state index contributed by atoms with van der Waals surface area (Å²) in [6.07, 6.45) is -0.309. The fourth-order valence-electron chi connectivity index (χ4n) is 4.80. The number of unbranched alkanes of at least 4 members (excludes halogenated alkanes) is 2. The maximum atomic E-state index is 13.9. The van der Waals surface area contributed by atoms with Crippen molar-refractivity contribution in [3.63, 3.8) is 0 Å². The maximum absolute atomic E-state index is 13.9. The van der Waals surface area contributed by atoms with Gasteiger partial charge in [-0.3, -0.25) is 43.3 Å². The maximum Gasteiger partial charge on any atom is 0.524 e. The van der Waals surface area contributed by atoms with Crippen molar-refractivity contribution in [3.8, 4) is 5.75 Å². The fourth-order valence-corrected chi connectivity index (χ4v) is 5.19. The number of carboxylic acids is 1. The van der Waals surface area contributed by atoms with Crippen molar-refractivity contribution < 1.29 is 62.7 Å². The summed E-state index contributed by atoms with van der Waals surface area (Å²) in [5.41, 5.74) is 16.9. The van der Waals surface area contributed by atoms with Crippen LogP contribution in [0.25, 0.3) is 0 Å². The molecule has 21 nitrogen and oxygen atoms in total. The topological polar surface area (TPSA) is 365 Å². The van der Waals surface area contributed by atoms with Gasteiger partial charge in [0.1, 0.15) is 42.0 Å². The summed E-state index contributed by atoms with van der Waals surface area (Å²) in [6, 6.07) is -3.37. The molecule has 1 aromatic rings. The first-order valence-corrected chi connectivity index (χ1v) is 18.7. The van der Waals surface area contributed by atoms with Crippen molar-refractivity contribution in [1.29, 1.82) is 0 Å². The average Bonchev–Trinajstić information content (AvgIpc) is 3.08. The molecule has 0 bridgehead atoms. The number of aliphatic hydroxyl groups excluding tert-OH is 1. The third-order valence-corrected chi connectivity index (χ3v) is 8.32. The number of hydrogen-bond donors (Lipinski definition) is 12. The molecule has 0 heterocycles. The lowest BCUT2D eigenvalue weighted by molar-refractivity contribution is -0.142. The van der Waals surface area contributed by atoms with E-state index in [9.17, 15) is 48.3 Å². The van der Waals surface area contributed by atoms with Crippen LogP contribution in [0.15, 0.2) is 24.3 Å². The molecule has 22 heteroatoms. The number of hydrogen-bond acceptors (Lipinski definition) is 12. The number of phosphoric ester groups is 1. The van der Waals surface area contributed by atoms with E-state index in [1.165, 1.54) is 38.1 Å². The van der Waals surface area contributed by atoms with Gasteiger partial charge in [0.05, 0.1) is 12.5 Å². The molecule has 0 aromatic heterocycles. The van der Waals surface area contributed by atoms with Gasteiger partial charge >= 0.3 is 13.8 Å². The molecule has 304 valence electrons. The quantitative estimate of drug-likeness (QED) is 0.0350. The molecule has 0 unspecified atom stereocenters. The summed E-state index contributed by atoms with van der Waals surface area (Å²) in [5, 5.41) is 31.1. The monoisotopic (exact) mass is 788 g/mol. The molecular weight excluding hydrogens is 735 g/mol. The molecule has 1 aromatic carbocycles. The van der Waals surface area contributed by atoms with E-state index in [1.807, 2.05) is 6.92 Å². The van der Waals surface area contributed by atoms with Crippen LogP contribution in [0.5, 0.6) is 5.75 Å². The van der Waals surface area contributed by atoms with Gasteiger partial charge in [0.2, 0.25) is 35.4 Å². The van der Waals surface area contributed by atoms with E-state index >= 15 is 0 Å². The second-order valence-electron chi connectivity index (χ2n) is 12.6. The lowest BCUT2D eigenvalue weighted by Crippen LogP contribution is -2.60. The predicted octanol–water partition coefficient (Wildman–Crippen LogP) is -2.87. The van der Waals surface area contributed by atoms with Gasteiger partial charge in [-0.05, 0) is 63.8 Å². The van der Waals surface area contributed by atoms with Crippen LogP contribution in [-0.2, 0) is 44.5 Å². The van der Waals surface area contributed by atoms with E-state index < -0.39 is 98.0 Å². The second-order valence-corrected chi connectivity index (χ2v) is 13.8. The van der Waals surface area contributed by atoms with E-state index in [0.29, 0.717) is 31.2 Å². The SMILES string of the molecule is CCCC[C@H](NC(=O)[C@H](CCCCN)NC(=O)[C@H](Cc1ccc(OP(=O)(O)O)cc1)NC(=O)[C@H](CC(N)=O)NC(=O)[C@@H](N)[C@@H](C)O)C(=O)N[C@@H](C)C(=O)O. The molecule has 0 saturated carbocycles. The summed E-state index contributed by atoms with van der Waals surface area (Å²) in [7, 11) is -4.90. The Bertz CT molecular complexity index is 1490. The molecule has 7 atom stereocenters. The molecule has 15 N–H and O–H groups in total. The first-order chi connectivity index (χ1) is 25.2. The van der Waals surface area contributed by atoms with Gasteiger partial charge in [0.15, 0.2) is 0 Å². The standard InChI is InChI=1S/C32H53N8O13P/c1-4-5-8-21(27(43)36-17(2)32(48)49)37-28(44)22(9-6-7-14-33)38-29(45)23(15-19-10-12-20(13-11-19)53-54(50,51)52)39-30(46)24(16-25(34)42)40-31(47)26(35)18(3)41/h10-13,17-18,21-24,26,41H,4-9,14-16,33,35H2,1-3H3,(H2,34,42)(H,36,43)(H,37,44)(H,38,45)(H,39,46)(H,40,47)(H,48,49)(H2,50,51,52)/t17-,18+,21-,22-,23-,24-,26-/m0/s1. The van der Waals surface area contributed by atoms with Crippen LogP contribution in [0, 0.1) is 0 Å².